The Labute approximate surface area is 160 Å². The second kappa shape index (κ2) is 7.75. The molecule has 0 saturated heterocycles. The van der Waals surface area contributed by atoms with Crippen molar-refractivity contribution < 1.29 is 9.59 Å². The molecule has 2 amide bonds. The first-order valence-electron chi connectivity index (χ1n) is 9.48. The maximum absolute atomic E-state index is 12.8. The molecule has 1 saturated carbocycles. The lowest BCUT2D eigenvalue weighted by atomic mass is 9.95. The molecule has 1 aliphatic carbocycles. The van der Waals surface area contributed by atoms with E-state index in [1.807, 2.05) is 30.3 Å². The Balaban J connectivity index is 1.71. The second-order valence-electron chi connectivity index (χ2n) is 7.07. The highest BCUT2D eigenvalue weighted by molar-refractivity contribution is 6.17. The van der Waals surface area contributed by atoms with E-state index in [9.17, 15) is 14.4 Å². The number of H-pyrrole nitrogens is 1. The van der Waals surface area contributed by atoms with Crippen LogP contribution < -0.4 is 26.9 Å². The van der Waals surface area contributed by atoms with E-state index in [0.717, 1.165) is 31.4 Å². The van der Waals surface area contributed by atoms with Crippen LogP contribution in [-0.4, -0.2) is 27.8 Å². The zero-order valence-corrected chi connectivity index (χ0v) is 15.3. The number of benzene rings is 1. The van der Waals surface area contributed by atoms with E-state index in [-0.39, 0.29) is 40.6 Å². The van der Waals surface area contributed by atoms with Gasteiger partial charge in [-0.2, -0.15) is 9.98 Å². The summed E-state index contributed by atoms with van der Waals surface area (Å²) in [7, 11) is 0. The largest absolute Gasteiger partial charge is 0.350 e. The number of anilines is 2. The van der Waals surface area contributed by atoms with E-state index in [2.05, 4.69) is 25.6 Å². The molecule has 0 atom stereocenters. The molecule has 3 N–H and O–H groups in total. The van der Waals surface area contributed by atoms with Crippen LogP contribution in [0.15, 0.2) is 40.1 Å². The van der Waals surface area contributed by atoms with Gasteiger partial charge in [0.2, 0.25) is 11.9 Å². The Hall–Kier alpha value is -3.29. The van der Waals surface area contributed by atoms with Gasteiger partial charge in [-0.05, 0) is 25.0 Å². The zero-order valence-electron chi connectivity index (χ0n) is 15.3. The van der Waals surface area contributed by atoms with Crippen molar-refractivity contribution in [1.29, 1.82) is 0 Å². The van der Waals surface area contributed by atoms with Crippen LogP contribution in [0.5, 0.6) is 0 Å². The van der Waals surface area contributed by atoms with Crippen molar-refractivity contribution in [2.45, 2.75) is 44.6 Å². The molecule has 2 aliphatic rings. The number of aromatic nitrogens is 2. The lowest BCUT2D eigenvalue weighted by molar-refractivity contribution is -0.120. The Kier molecular flexibility index (Phi) is 5.01. The van der Waals surface area contributed by atoms with Gasteiger partial charge in [0, 0.05) is 17.3 Å². The van der Waals surface area contributed by atoms with Crippen LogP contribution in [0.25, 0.3) is 5.57 Å². The molecule has 1 aliphatic heterocycles. The summed E-state index contributed by atoms with van der Waals surface area (Å²) in [5, 5.41) is 6.01. The van der Waals surface area contributed by atoms with Crippen LogP contribution in [0.2, 0.25) is 0 Å². The highest BCUT2D eigenvalue weighted by Gasteiger charge is 2.24. The number of fused-ring (bicyclic) bond motifs is 1. The number of amides is 2. The summed E-state index contributed by atoms with van der Waals surface area (Å²) in [4.78, 5) is 48.3. The van der Waals surface area contributed by atoms with Crippen molar-refractivity contribution in [2.75, 3.05) is 5.32 Å². The normalized spacial score (nSPS) is 16.9. The van der Waals surface area contributed by atoms with Gasteiger partial charge < -0.3 is 10.6 Å². The SMILES string of the molecule is O=C1CC(C(=O)NC2CCCCC2)=c2c(nc(Nc3ccccc3)[nH]c2=O)=N1. The standard InChI is InChI=1S/C20H21N5O3/c26-15-11-14(18(27)21-12-7-3-1-4-8-12)16-17(23-15)24-20(25-19(16)28)22-13-9-5-2-6-10-13/h2,5-6,9-10,12H,1,3-4,7-8,11H2,(H,21,27)(H2,22,23,24,25,26,28). The van der Waals surface area contributed by atoms with Crippen LogP contribution in [-0.2, 0) is 9.59 Å². The summed E-state index contributed by atoms with van der Waals surface area (Å²) in [5.41, 5.74) is 0.355. The van der Waals surface area contributed by atoms with Gasteiger partial charge in [0.1, 0.15) is 0 Å². The third-order valence-electron chi connectivity index (χ3n) is 5.01. The van der Waals surface area contributed by atoms with Crippen molar-refractivity contribution in [2.24, 2.45) is 4.99 Å². The minimum atomic E-state index is -0.492. The molecule has 0 radical (unpaired) electrons. The number of carbonyl (C=O) groups is 2. The van der Waals surface area contributed by atoms with E-state index >= 15 is 0 Å². The number of hydrogen-bond donors (Lipinski definition) is 3. The van der Waals surface area contributed by atoms with Crippen molar-refractivity contribution in [3.8, 4) is 0 Å². The van der Waals surface area contributed by atoms with E-state index in [1.54, 1.807) is 0 Å². The summed E-state index contributed by atoms with van der Waals surface area (Å²) in [5.74, 6) is -0.696. The topological polar surface area (TPSA) is 116 Å². The van der Waals surface area contributed by atoms with Crippen molar-refractivity contribution >= 4 is 29.0 Å². The molecule has 1 aromatic carbocycles. The minimum absolute atomic E-state index is 0.0211. The van der Waals surface area contributed by atoms with Gasteiger partial charge in [-0.3, -0.25) is 19.4 Å². The average molecular weight is 379 g/mol. The van der Waals surface area contributed by atoms with Crippen molar-refractivity contribution in [3.05, 3.63) is 51.4 Å². The van der Waals surface area contributed by atoms with Crippen molar-refractivity contribution in [3.63, 3.8) is 0 Å². The smallest absolute Gasteiger partial charge is 0.262 e. The third-order valence-corrected chi connectivity index (χ3v) is 5.01. The molecule has 4 rings (SSSR count). The zero-order chi connectivity index (χ0) is 19.5. The molecule has 144 valence electrons. The molecular formula is C20H21N5O3. The molecule has 1 fully saturated rings. The third kappa shape index (κ3) is 3.85. The maximum atomic E-state index is 12.8. The number of aromatic amines is 1. The van der Waals surface area contributed by atoms with Gasteiger partial charge in [-0.15, -0.1) is 0 Å². The van der Waals surface area contributed by atoms with E-state index < -0.39 is 11.5 Å². The van der Waals surface area contributed by atoms with Gasteiger partial charge in [-0.25, -0.2) is 0 Å². The average Bonchev–Trinajstić information content (AvgIpc) is 2.68. The first-order valence-corrected chi connectivity index (χ1v) is 9.48. The molecule has 28 heavy (non-hydrogen) atoms. The predicted octanol–water partition coefficient (Wildman–Crippen LogP) is 0.663. The predicted molar refractivity (Wildman–Crippen MR) is 103 cm³/mol. The van der Waals surface area contributed by atoms with Crippen LogP contribution in [0.1, 0.15) is 38.5 Å². The number of rotatable bonds is 4. The quantitative estimate of drug-likeness (QED) is 0.722. The molecule has 1 aromatic heterocycles. The van der Waals surface area contributed by atoms with Gasteiger partial charge in [0.15, 0.2) is 5.49 Å². The molecule has 2 heterocycles. The number of nitrogens with one attached hydrogen (secondary N) is 3. The number of carbonyl (C=O) groups excluding carboxylic acids is 2. The summed E-state index contributed by atoms with van der Waals surface area (Å²) in [6, 6.07) is 9.27. The van der Waals surface area contributed by atoms with Crippen LogP contribution in [0, 0.1) is 0 Å². The Morgan fingerprint density at radius 2 is 1.82 bits per heavy atom. The summed E-state index contributed by atoms with van der Waals surface area (Å²) in [6.07, 6.45) is 4.95. The molecule has 2 aromatic rings. The van der Waals surface area contributed by atoms with Gasteiger partial charge in [0.05, 0.1) is 11.6 Å². The monoisotopic (exact) mass is 379 g/mol. The van der Waals surface area contributed by atoms with E-state index in [0.29, 0.717) is 0 Å². The summed E-state index contributed by atoms with van der Waals surface area (Å²) in [6.45, 7) is 0. The van der Waals surface area contributed by atoms with Gasteiger partial charge >= 0.3 is 0 Å². The summed E-state index contributed by atoms with van der Waals surface area (Å²) >= 11 is 0. The maximum Gasteiger partial charge on any atom is 0.262 e. The first-order chi connectivity index (χ1) is 13.6. The number of para-hydroxylation sites is 1. The molecule has 0 spiro atoms. The van der Waals surface area contributed by atoms with Crippen LogP contribution >= 0.6 is 0 Å². The lowest BCUT2D eigenvalue weighted by Crippen LogP contribution is -2.51. The van der Waals surface area contributed by atoms with Crippen LogP contribution in [0.3, 0.4) is 0 Å². The molecular weight excluding hydrogens is 358 g/mol. The fraction of sp³-hybridized carbons (Fsp3) is 0.350. The molecule has 0 unspecified atom stereocenters. The fourth-order valence-electron chi connectivity index (χ4n) is 3.64. The Morgan fingerprint density at radius 1 is 1.07 bits per heavy atom. The molecule has 8 heteroatoms. The number of hydrogen-bond acceptors (Lipinski definition) is 5. The fourth-order valence-corrected chi connectivity index (χ4v) is 3.64. The first kappa shape index (κ1) is 18.1. The number of nitrogens with zero attached hydrogens (tertiary/aromatic N) is 2. The highest BCUT2D eigenvalue weighted by Crippen LogP contribution is 2.18. The Morgan fingerprint density at radius 3 is 2.57 bits per heavy atom. The molecule has 0 bridgehead atoms. The van der Waals surface area contributed by atoms with Crippen molar-refractivity contribution in [1.82, 2.24) is 15.3 Å². The second-order valence-corrected chi connectivity index (χ2v) is 7.07. The van der Waals surface area contributed by atoms with Gasteiger partial charge in [0.25, 0.3) is 11.5 Å². The Bertz CT molecular complexity index is 1090. The van der Waals surface area contributed by atoms with Gasteiger partial charge in [-0.1, -0.05) is 37.5 Å². The highest BCUT2D eigenvalue weighted by atomic mass is 16.2. The van der Waals surface area contributed by atoms with E-state index in [1.165, 1.54) is 6.42 Å². The minimum Gasteiger partial charge on any atom is -0.350 e. The summed E-state index contributed by atoms with van der Waals surface area (Å²) < 4.78 is 0. The van der Waals surface area contributed by atoms with Crippen LogP contribution in [0.4, 0.5) is 11.6 Å². The lowest BCUT2D eigenvalue weighted by Gasteiger charge is -2.23. The molecule has 8 nitrogen and oxygen atoms in total. The van der Waals surface area contributed by atoms with E-state index in [4.69, 9.17) is 0 Å².